The average molecular weight is 215 g/mol. The van der Waals surface area contributed by atoms with Gasteiger partial charge in [0.2, 0.25) is 11.6 Å². The molecule has 3 nitrogen and oxygen atoms in total. The third kappa shape index (κ3) is 2.21. The lowest BCUT2D eigenvalue weighted by atomic mass is 10.4. The van der Waals surface area contributed by atoms with Crippen molar-refractivity contribution >= 4 is 0 Å². The monoisotopic (exact) mass is 215 g/mol. The number of pyridine rings is 1. The van der Waals surface area contributed by atoms with E-state index in [1.165, 1.54) is 0 Å². The predicted molar refractivity (Wildman–Crippen MR) is 32.5 cm³/mol. The second kappa shape index (κ2) is 3.28. The molecule has 78 valence electrons. The van der Waals surface area contributed by atoms with E-state index in [0.29, 0.717) is 0 Å². The van der Waals surface area contributed by atoms with Crippen LogP contribution >= 0.6 is 0 Å². The molecule has 0 aliphatic rings. The summed E-state index contributed by atoms with van der Waals surface area (Å²) in [7, 11) is 0. The molecule has 0 radical (unpaired) electrons. The maximum absolute atomic E-state index is 12.5. The Labute approximate surface area is 73.8 Å². The zero-order valence-electron chi connectivity index (χ0n) is 6.27. The van der Waals surface area contributed by atoms with Crippen LogP contribution in [0.25, 0.3) is 0 Å². The number of halogens is 5. The molecule has 0 saturated carbocycles. The average Bonchev–Trinajstić information content (AvgIpc) is 2.04. The first-order valence-corrected chi connectivity index (χ1v) is 3.10. The first kappa shape index (κ1) is 10.5. The fraction of sp³-hybridized carbons (Fsp3) is 0.167. The summed E-state index contributed by atoms with van der Waals surface area (Å²) >= 11 is 0. The van der Waals surface area contributed by atoms with E-state index in [0.717, 1.165) is 0 Å². The molecule has 1 rings (SSSR count). The van der Waals surface area contributed by atoms with Crippen LogP contribution < -0.4 is 4.74 Å². The summed E-state index contributed by atoms with van der Waals surface area (Å²) in [5, 5.41) is 8.64. The van der Waals surface area contributed by atoms with E-state index in [1.807, 2.05) is 0 Å². The number of rotatable bonds is 1. The number of alkyl halides is 3. The molecular weight excluding hydrogens is 213 g/mol. The molecule has 0 aromatic carbocycles. The quantitative estimate of drug-likeness (QED) is 0.728. The number of ether oxygens (including phenoxy) is 1. The van der Waals surface area contributed by atoms with Gasteiger partial charge in [0.1, 0.15) is 0 Å². The van der Waals surface area contributed by atoms with E-state index in [9.17, 15) is 22.0 Å². The number of nitrogens with zero attached hydrogens (tertiary/aromatic N) is 1. The van der Waals surface area contributed by atoms with E-state index in [4.69, 9.17) is 5.11 Å². The van der Waals surface area contributed by atoms with Crippen molar-refractivity contribution in [2.45, 2.75) is 6.36 Å². The molecule has 0 amide bonds. The molecule has 1 aromatic heterocycles. The van der Waals surface area contributed by atoms with Crippen LogP contribution in [0.2, 0.25) is 0 Å². The number of aromatic hydroxyl groups is 1. The van der Waals surface area contributed by atoms with Gasteiger partial charge >= 0.3 is 6.36 Å². The van der Waals surface area contributed by atoms with Gasteiger partial charge in [0.25, 0.3) is 5.88 Å². The van der Waals surface area contributed by atoms with Gasteiger partial charge in [0.05, 0.1) is 6.20 Å². The van der Waals surface area contributed by atoms with Crippen LogP contribution in [0.15, 0.2) is 6.20 Å². The van der Waals surface area contributed by atoms with Gasteiger partial charge in [-0.15, -0.1) is 13.2 Å². The fourth-order valence-electron chi connectivity index (χ4n) is 0.624. The van der Waals surface area contributed by atoms with Crippen LogP contribution in [0, 0.1) is 11.6 Å². The second-order valence-corrected chi connectivity index (χ2v) is 2.12. The van der Waals surface area contributed by atoms with Crippen LogP contribution in [-0.4, -0.2) is 16.5 Å². The predicted octanol–water partition coefficient (Wildman–Crippen LogP) is 1.96. The summed E-state index contributed by atoms with van der Waals surface area (Å²) in [6, 6.07) is 0. The molecule has 1 heterocycles. The highest BCUT2D eigenvalue weighted by molar-refractivity contribution is 5.33. The van der Waals surface area contributed by atoms with Gasteiger partial charge in [-0.3, -0.25) is 0 Å². The summed E-state index contributed by atoms with van der Waals surface area (Å²) in [5.41, 5.74) is 0. The molecule has 0 aliphatic carbocycles. The molecule has 8 heteroatoms. The number of aromatic nitrogens is 1. The van der Waals surface area contributed by atoms with Crippen LogP contribution in [-0.2, 0) is 0 Å². The standard InChI is InChI=1S/C6H2F5NO2/c7-2-1-12-5(4(13)3(2)8)14-6(9,10)11/h1,13H. The molecule has 0 aliphatic heterocycles. The number of hydrogen-bond donors (Lipinski definition) is 1. The van der Waals surface area contributed by atoms with E-state index < -0.39 is 29.6 Å². The Morgan fingerprint density at radius 2 is 1.86 bits per heavy atom. The van der Waals surface area contributed by atoms with Crippen LogP contribution in [0.1, 0.15) is 0 Å². The lowest BCUT2D eigenvalue weighted by Gasteiger charge is -2.08. The Morgan fingerprint density at radius 3 is 2.36 bits per heavy atom. The van der Waals surface area contributed by atoms with Gasteiger partial charge < -0.3 is 9.84 Å². The zero-order chi connectivity index (χ0) is 10.9. The summed E-state index contributed by atoms with van der Waals surface area (Å²) < 4.78 is 62.5. The van der Waals surface area contributed by atoms with E-state index in [1.54, 1.807) is 0 Å². The van der Waals surface area contributed by atoms with Crippen molar-refractivity contribution in [2.75, 3.05) is 0 Å². The maximum Gasteiger partial charge on any atom is 0.574 e. The van der Waals surface area contributed by atoms with Gasteiger partial charge in [-0.25, -0.2) is 9.37 Å². The normalized spacial score (nSPS) is 11.5. The molecule has 1 N–H and O–H groups in total. The van der Waals surface area contributed by atoms with Gasteiger partial charge in [-0.05, 0) is 0 Å². The van der Waals surface area contributed by atoms with E-state index in [2.05, 4.69) is 9.72 Å². The van der Waals surface area contributed by atoms with Crippen molar-refractivity contribution in [3.05, 3.63) is 17.8 Å². The van der Waals surface area contributed by atoms with Crippen LogP contribution in [0.4, 0.5) is 22.0 Å². The maximum atomic E-state index is 12.5. The minimum absolute atomic E-state index is 0.163. The lowest BCUT2D eigenvalue weighted by molar-refractivity contribution is -0.276. The SMILES string of the molecule is Oc1c(OC(F)(F)F)ncc(F)c1F. The zero-order valence-corrected chi connectivity index (χ0v) is 6.27. The van der Waals surface area contributed by atoms with Crippen molar-refractivity contribution < 1.29 is 31.8 Å². The molecule has 0 unspecified atom stereocenters. The van der Waals surface area contributed by atoms with Gasteiger partial charge in [-0.2, -0.15) is 4.39 Å². The van der Waals surface area contributed by atoms with Gasteiger partial charge in [-0.1, -0.05) is 0 Å². The van der Waals surface area contributed by atoms with Crippen LogP contribution in [0.3, 0.4) is 0 Å². The Bertz CT molecular complexity index is 351. The smallest absolute Gasteiger partial charge is 0.501 e. The molecular formula is C6H2F5NO2. The van der Waals surface area contributed by atoms with E-state index >= 15 is 0 Å². The van der Waals surface area contributed by atoms with Crippen molar-refractivity contribution in [1.82, 2.24) is 4.98 Å². The second-order valence-electron chi connectivity index (χ2n) is 2.12. The van der Waals surface area contributed by atoms with Gasteiger partial charge in [0, 0.05) is 0 Å². The first-order chi connectivity index (χ1) is 6.31. The highest BCUT2D eigenvalue weighted by Crippen LogP contribution is 2.31. The summed E-state index contributed by atoms with van der Waals surface area (Å²) in [6.07, 6.45) is -4.97. The summed E-state index contributed by atoms with van der Waals surface area (Å²) in [5.74, 6) is -6.48. The van der Waals surface area contributed by atoms with Crippen molar-refractivity contribution in [1.29, 1.82) is 0 Å². The summed E-state index contributed by atoms with van der Waals surface area (Å²) in [6.45, 7) is 0. The molecule has 0 atom stereocenters. The third-order valence-electron chi connectivity index (χ3n) is 1.13. The molecule has 1 aromatic rings. The topological polar surface area (TPSA) is 42.4 Å². The van der Waals surface area contributed by atoms with Crippen molar-refractivity contribution in [3.8, 4) is 11.6 Å². The highest BCUT2D eigenvalue weighted by atomic mass is 19.4. The Morgan fingerprint density at radius 1 is 1.29 bits per heavy atom. The first-order valence-electron chi connectivity index (χ1n) is 3.10. The third-order valence-corrected chi connectivity index (χ3v) is 1.13. The van der Waals surface area contributed by atoms with Crippen molar-refractivity contribution in [2.24, 2.45) is 0 Å². The fourth-order valence-corrected chi connectivity index (χ4v) is 0.624. The number of hydrogen-bond acceptors (Lipinski definition) is 3. The molecule has 0 spiro atoms. The summed E-state index contributed by atoms with van der Waals surface area (Å²) in [4.78, 5) is 2.72. The molecule has 14 heavy (non-hydrogen) atoms. The minimum Gasteiger partial charge on any atom is -0.501 e. The molecule has 0 fully saturated rings. The minimum atomic E-state index is -5.13. The Kier molecular flexibility index (Phi) is 2.45. The highest BCUT2D eigenvalue weighted by Gasteiger charge is 2.34. The largest absolute Gasteiger partial charge is 0.574 e. The van der Waals surface area contributed by atoms with Gasteiger partial charge in [0.15, 0.2) is 5.82 Å². The Balaban J connectivity index is 3.06. The Hall–Kier alpha value is -1.60. The van der Waals surface area contributed by atoms with E-state index in [-0.39, 0.29) is 6.20 Å². The molecule has 0 saturated heterocycles. The lowest BCUT2D eigenvalue weighted by Crippen LogP contribution is -2.18. The van der Waals surface area contributed by atoms with Crippen LogP contribution in [0.5, 0.6) is 11.6 Å². The van der Waals surface area contributed by atoms with Crippen molar-refractivity contribution in [3.63, 3.8) is 0 Å². The molecule has 0 bridgehead atoms.